The van der Waals surface area contributed by atoms with Gasteiger partial charge in [-0.15, -0.1) is 0 Å². The fraction of sp³-hybridized carbons (Fsp3) is 0.562. The molecule has 6 heteroatoms. The normalized spacial score (nSPS) is 13.0. The summed E-state index contributed by atoms with van der Waals surface area (Å²) in [4.78, 5) is 12.7. The summed E-state index contributed by atoms with van der Waals surface area (Å²) in [5.74, 6) is 0.611. The third-order valence-corrected chi connectivity index (χ3v) is 4.71. The summed E-state index contributed by atoms with van der Waals surface area (Å²) in [6.45, 7) is 10.4. The van der Waals surface area contributed by atoms with E-state index in [-0.39, 0.29) is 5.56 Å². The number of hydrogen-bond donors (Lipinski definition) is 0. The molecule has 0 radical (unpaired) electrons. The Labute approximate surface area is 132 Å². The van der Waals surface area contributed by atoms with Crippen molar-refractivity contribution in [2.24, 2.45) is 0 Å². The topological polar surface area (TPSA) is 61.8 Å². The van der Waals surface area contributed by atoms with Crippen molar-refractivity contribution in [3.63, 3.8) is 0 Å². The second-order valence-corrected chi connectivity index (χ2v) is 8.70. The van der Waals surface area contributed by atoms with E-state index in [9.17, 15) is 9.36 Å². The lowest BCUT2D eigenvalue weighted by Gasteiger charge is -2.31. The first kappa shape index (κ1) is 18.9. The van der Waals surface area contributed by atoms with Gasteiger partial charge in [-0.05, 0) is 65.8 Å². The third kappa shape index (κ3) is 5.56. The maximum absolute atomic E-state index is 13.1. The lowest BCUT2D eigenvalue weighted by atomic mass is 10.2. The first-order chi connectivity index (χ1) is 9.86. The fourth-order valence-electron chi connectivity index (χ4n) is 1.71. The molecule has 0 unspecified atom stereocenters. The molecular weight excluding hydrogens is 303 g/mol. The summed E-state index contributed by atoms with van der Waals surface area (Å²) in [5.41, 5.74) is -1.94. The molecule has 22 heavy (non-hydrogen) atoms. The summed E-state index contributed by atoms with van der Waals surface area (Å²) >= 11 is 0. The third-order valence-electron chi connectivity index (χ3n) is 2.37. The molecule has 0 bridgehead atoms. The predicted octanol–water partition coefficient (Wildman–Crippen LogP) is 4.66. The number of rotatable bonds is 5. The molecule has 0 aliphatic rings. The van der Waals surface area contributed by atoms with Gasteiger partial charge >= 0.3 is 7.60 Å². The molecule has 0 N–H and O–H groups in total. The summed E-state index contributed by atoms with van der Waals surface area (Å²) in [6, 6.07) is 6.36. The Hall–Kier alpha value is -1.16. The van der Waals surface area contributed by atoms with Crippen LogP contribution in [0.15, 0.2) is 24.3 Å². The van der Waals surface area contributed by atoms with E-state index in [1.165, 1.54) is 7.11 Å². The van der Waals surface area contributed by atoms with Crippen LogP contribution in [-0.4, -0.2) is 23.8 Å². The van der Waals surface area contributed by atoms with Gasteiger partial charge in [-0.2, -0.15) is 0 Å². The Morgan fingerprint density at radius 3 is 1.64 bits per heavy atom. The fourth-order valence-corrected chi connectivity index (χ4v) is 3.82. The highest BCUT2D eigenvalue weighted by Crippen LogP contribution is 2.56. The number of benzene rings is 1. The Morgan fingerprint density at radius 2 is 1.32 bits per heavy atom. The van der Waals surface area contributed by atoms with Crippen LogP contribution in [0.5, 0.6) is 5.75 Å². The minimum absolute atomic E-state index is 0.262. The molecule has 1 rings (SSSR count). The molecular formula is C16H25O5P. The molecule has 124 valence electrons. The monoisotopic (exact) mass is 328 g/mol. The van der Waals surface area contributed by atoms with Crippen molar-refractivity contribution in [2.75, 3.05) is 7.11 Å². The van der Waals surface area contributed by atoms with E-state index >= 15 is 0 Å². The molecule has 0 fully saturated rings. The summed E-state index contributed by atoms with van der Waals surface area (Å²) in [5, 5.41) is 0. The number of methoxy groups -OCH3 is 1. The molecule has 0 saturated heterocycles. The maximum Gasteiger partial charge on any atom is 0.402 e. The van der Waals surface area contributed by atoms with Crippen molar-refractivity contribution < 1.29 is 23.1 Å². The second kappa shape index (κ2) is 6.53. The zero-order valence-corrected chi connectivity index (χ0v) is 15.2. The lowest BCUT2D eigenvalue weighted by molar-refractivity contribution is 0.0447. The summed E-state index contributed by atoms with van der Waals surface area (Å²) in [7, 11) is -2.44. The van der Waals surface area contributed by atoms with Gasteiger partial charge in [0.25, 0.3) is 5.52 Å². The van der Waals surface area contributed by atoms with Gasteiger partial charge in [0.2, 0.25) is 0 Å². The van der Waals surface area contributed by atoms with Crippen molar-refractivity contribution in [1.82, 2.24) is 0 Å². The van der Waals surface area contributed by atoms with Gasteiger partial charge in [-0.1, -0.05) is 0 Å². The first-order valence-corrected chi connectivity index (χ1v) is 8.61. The van der Waals surface area contributed by atoms with Gasteiger partial charge in [0.05, 0.1) is 18.3 Å². The van der Waals surface area contributed by atoms with Crippen LogP contribution in [0.1, 0.15) is 51.9 Å². The number of carbonyl (C=O) groups is 1. The predicted molar refractivity (Wildman–Crippen MR) is 86.6 cm³/mol. The summed E-state index contributed by atoms with van der Waals surface area (Å²) in [6.07, 6.45) is 0. The van der Waals surface area contributed by atoms with Crippen molar-refractivity contribution in [3.05, 3.63) is 29.8 Å². The van der Waals surface area contributed by atoms with E-state index in [0.29, 0.717) is 5.75 Å². The van der Waals surface area contributed by atoms with Gasteiger partial charge in [0.1, 0.15) is 5.75 Å². The highest BCUT2D eigenvalue weighted by atomic mass is 31.2. The van der Waals surface area contributed by atoms with Gasteiger partial charge < -0.3 is 4.74 Å². The van der Waals surface area contributed by atoms with Crippen LogP contribution in [0.4, 0.5) is 0 Å². The lowest BCUT2D eigenvalue weighted by Crippen LogP contribution is -2.26. The molecule has 0 aliphatic carbocycles. The molecule has 0 aromatic heterocycles. The van der Waals surface area contributed by atoms with E-state index in [2.05, 4.69) is 0 Å². The van der Waals surface area contributed by atoms with Gasteiger partial charge in [0, 0.05) is 5.56 Å². The van der Waals surface area contributed by atoms with Crippen molar-refractivity contribution in [2.45, 2.75) is 52.7 Å². The minimum Gasteiger partial charge on any atom is -0.497 e. The Balaban J connectivity index is 3.19. The molecule has 1 aromatic rings. The Kier molecular flexibility index (Phi) is 5.61. The minimum atomic E-state index is -3.98. The van der Waals surface area contributed by atoms with Crippen molar-refractivity contribution >= 4 is 13.1 Å². The van der Waals surface area contributed by atoms with Crippen molar-refractivity contribution in [1.29, 1.82) is 0 Å². The molecule has 5 nitrogen and oxygen atoms in total. The van der Waals surface area contributed by atoms with Crippen LogP contribution >= 0.6 is 7.60 Å². The average molecular weight is 328 g/mol. The van der Waals surface area contributed by atoms with Gasteiger partial charge in [0.15, 0.2) is 0 Å². The van der Waals surface area contributed by atoms with E-state index in [4.69, 9.17) is 13.8 Å². The zero-order chi connectivity index (χ0) is 17.2. The van der Waals surface area contributed by atoms with Crippen LogP contribution in [0, 0.1) is 0 Å². The number of hydrogen-bond acceptors (Lipinski definition) is 5. The highest BCUT2D eigenvalue weighted by Gasteiger charge is 2.42. The molecule has 0 heterocycles. The molecule has 0 atom stereocenters. The Bertz CT molecular complexity index is 544. The van der Waals surface area contributed by atoms with Crippen molar-refractivity contribution in [3.8, 4) is 5.75 Å². The zero-order valence-electron chi connectivity index (χ0n) is 14.3. The van der Waals surface area contributed by atoms with E-state index < -0.39 is 24.3 Å². The molecule has 0 amide bonds. The highest BCUT2D eigenvalue weighted by molar-refractivity contribution is 7.72. The van der Waals surface area contributed by atoms with Crippen LogP contribution in [0.2, 0.25) is 0 Å². The smallest absolute Gasteiger partial charge is 0.402 e. The van der Waals surface area contributed by atoms with Gasteiger partial charge in [-0.25, -0.2) is 0 Å². The van der Waals surface area contributed by atoms with E-state index in [1.54, 1.807) is 65.8 Å². The molecule has 0 aliphatic heterocycles. The van der Waals surface area contributed by atoms with Crippen LogP contribution in [-0.2, 0) is 13.6 Å². The number of ether oxygens (including phenoxy) is 1. The first-order valence-electron chi connectivity index (χ1n) is 7.07. The quantitative estimate of drug-likeness (QED) is 0.736. The SMILES string of the molecule is COc1ccc(C(=O)P(=O)(OC(C)(C)C)OC(C)(C)C)cc1. The Morgan fingerprint density at radius 1 is 0.909 bits per heavy atom. The largest absolute Gasteiger partial charge is 0.497 e. The number of carbonyl (C=O) groups excluding carboxylic acids is 1. The summed E-state index contributed by atoms with van der Waals surface area (Å²) < 4.78 is 29.2. The molecule has 1 aromatic carbocycles. The molecule has 0 spiro atoms. The average Bonchev–Trinajstić information content (AvgIpc) is 2.33. The van der Waals surface area contributed by atoms with Gasteiger partial charge in [-0.3, -0.25) is 18.4 Å². The second-order valence-electron chi connectivity index (χ2n) is 6.94. The standard InChI is InChI=1S/C16H25O5P/c1-15(2,3)20-22(18,21-16(4,5)6)14(17)12-8-10-13(19-7)11-9-12/h8-11H,1-7H3. The van der Waals surface area contributed by atoms with Crippen LogP contribution in [0.25, 0.3) is 0 Å². The maximum atomic E-state index is 13.1. The van der Waals surface area contributed by atoms with E-state index in [1.807, 2.05) is 0 Å². The van der Waals surface area contributed by atoms with Crippen LogP contribution in [0.3, 0.4) is 0 Å². The van der Waals surface area contributed by atoms with E-state index in [0.717, 1.165) is 0 Å². The van der Waals surface area contributed by atoms with Crippen LogP contribution < -0.4 is 4.74 Å². The molecule has 0 saturated carbocycles.